The van der Waals surface area contributed by atoms with Crippen molar-refractivity contribution in [1.29, 1.82) is 0 Å². The molecule has 0 unspecified atom stereocenters. The van der Waals surface area contributed by atoms with Gasteiger partial charge in [-0.15, -0.1) is 0 Å². The first-order chi connectivity index (χ1) is 10.5. The lowest BCUT2D eigenvalue weighted by Gasteiger charge is -2.31. The molecule has 0 atom stereocenters. The molecule has 0 radical (unpaired) electrons. The van der Waals surface area contributed by atoms with Crippen LogP contribution in [0.1, 0.15) is 52.9 Å². The van der Waals surface area contributed by atoms with Crippen LogP contribution in [-0.4, -0.2) is 50.3 Å². The van der Waals surface area contributed by atoms with E-state index in [1.807, 2.05) is 18.8 Å². The molecule has 0 saturated heterocycles. The SMILES string of the molecule is CCOCCC1(CNC(=NC)NCC(C)(C)SC)CCCC1. The molecule has 1 fully saturated rings. The largest absolute Gasteiger partial charge is 0.382 e. The van der Waals surface area contributed by atoms with Crippen molar-refractivity contribution in [3.8, 4) is 0 Å². The Balaban J connectivity index is 2.45. The van der Waals surface area contributed by atoms with Gasteiger partial charge in [0.1, 0.15) is 0 Å². The number of aliphatic imine (C=N–C) groups is 1. The van der Waals surface area contributed by atoms with Gasteiger partial charge >= 0.3 is 0 Å². The molecule has 0 spiro atoms. The van der Waals surface area contributed by atoms with Gasteiger partial charge in [-0.3, -0.25) is 4.99 Å². The lowest BCUT2D eigenvalue weighted by molar-refractivity contribution is 0.105. The maximum absolute atomic E-state index is 5.58. The lowest BCUT2D eigenvalue weighted by atomic mass is 9.83. The van der Waals surface area contributed by atoms with Crippen LogP contribution in [0.5, 0.6) is 0 Å². The number of hydrogen-bond acceptors (Lipinski definition) is 3. The molecule has 5 heteroatoms. The molecule has 0 aromatic carbocycles. The average Bonchev–Trinajstić information content (AvgIpc) is 2.97. The molecule has 1 rings (SSSR count). The molecule has 1 saturated carbocycles. The summed E-state index contributed by atoms with van der Waals surface area (Å²) < 4.78 is 5.80. The summed E-state index contributed by atoms with van der Waals surface area (Å²) in [4.78, 5) is 4.37. The van der Waals surface area contributed by atoms with E-state index >= 15 is 0 Å². The fraction of sp³-hybridized carbons (Fsp3) is 0.941. The van der Waals surface area contributed by atoms with Gasteiger partial charge in [0.05, 0.1) is 0 Å². The maximum atomic E-state index is 5.58. The first-order valence-corrected chi connectivity index (χ1v) is 9.77. The van der Waals surface area contributed by atoms with Crippen molar-refractivity contribution in [1.82, 2.24) is 10.6 Å². The summed E-state index contributed by atoms with van der Waals surface area (Å²) in [6, 6.07) is 0. The zero-order valence-electron chi connectivity index (χ0n) is 15.1. The van der Waals surface area contributed by atoms with Crippen LogP contribution in [-0.2, 0) is 4.74 Å². The van der Waals surface area contributed by atoms with E-state index in [2.05, 4.69) is 42.7 Å². The molecule has 2 N–H and O–H groups in total. The molecule has 0 aromatic heterocycles. The Morgan fingerprint density at radius 2 is 1.95 bits per heavy atom. The highest BCUT2D eigenvalue weighted by Gasteiger charge is 2.33. The van der Waals surface area contributed by atoms with Gasteiger partial charge in [-0.2, -0.15) is 11.8 Å². The number of rotatable bonds is 9. The van der Waals surface area contributed by atoms with Crippen LogP contribution in [0.25, 0.3) is 0 Å². The van der Waals surface area contributed by atoms with E-state index in [0.717, 1.165) is 38.7 Å². The van der Waals surface area contributed by atoms with Crippen LogP contribution < -0.4 is 10.6 Å². The van der Waals surface area contributed by atoms with Crippen LogP contribution in [0.2, 0.25) is 0 Å². The van der Waals surface area contributed by atoms with Crippen LogP contribution in [0.15, 0.2) is 4.99 Å². The van der Waals surface area contributed by atoms with Crippen molar-refractivity contribution in [3.05, 3.63) is 0 Å². The Hall–Kier alpha value is -0.420. The molecule has 4 nitrogen and oxygen atoms in total. The number of ether oxygens (including phenoxy) is 1. The van der Waals surface area contributed by atoms with Crippen LogP contribution in [0.3, 0.4) is 0 Å². The summed E-state index contributed by atoms with van der Waals surface area (Å²) in [7, 11) is 1.85. The van der Waals surface area contributed by atoms with Crippen molar-refractivity contribution >= 4 is 17.7 Å². The number of guanidine groups is 1. The van der Waals surface area contributed by atoms with E-state index < -0.39 is 0 Å². The van der Waals surface area contributed by atoms with Crippen molar-refractivity contribution in [2.45, 2.75) is 57.6 Å². The van der Waals surface area contributed by atoms with Crippen molar-refractivity contribution in [2.75, 3.05) is 39.6 Å². The van der Waals surface area contributed by atoms with E-state index in [1.165, 1.54) is 25.7 Å². The predicted molar refractivity (Wildman–Crippen MR) is 99.0 cm³/mol. The Kier molecular flexibility index (Phi) is 8.62. The fourth-order valence-corrected chi connectivity index (χ4v) is 3.15. The number of hydrogen-bond donors (Lipinski definition) is 2. The molecule has 1 aliphatic carbocycles. The van der Waals surface area contributed by atoms with Crippen molar-refractivity contribution < 1.29 is 4.74 Å². The molecule has 130 valence electrons. The minimum atomic E-state index is 0.220. The summed E-state index contributed by atoms with van der Waals surface area (Å²) in [5.74, 6) is 0.921. The number of nitrogens with one attached hydrogen (secondary N) is 2. The van der Waals surface area contributed by atoms with E-state index in [0.29, 0.717) is 5.41 Å². The van der Waals surface area contributed by atoms with Gasteiger partial charge < -0.3 is 15.4 Å². The van der Waals surface area contributed by atoms with Gasteiger partial charge in [-0.05, 0) is 51.7 Å². The second-order valence-electron chi connectivity index (χ2n) is 6.90. The van der Waals surface area contributed by atoms with Crippen molar-refractivity contribution in [2.24, 2.45) is 10.4 Å². The summed E-state index contributed by atoms with van der Waals surface area (Å²) in [6.07, 6.45) is 8.61. The summed E-state index contributed by atoms with van der Waals surface area (Å²) in [6.45, 7) is 10.2. The summed E-state index contributed by atoms with van der Waals surface area (Å²) in [5.41, 5.74) is 0.391. The van der Waals surface area contributed by atoms with Crippen molar-refractivity contribution in [3.63, 3.8) is 0 Å². The first kappa shape index (κ1) is 19.6. The van der Waals surface area contributed by atoms with Gasteiger partial charge in [-0.1, -0.05) is 12.8 Å². The zero-order chi connectivity index (χ0) is 16.5. The third kappa shape index (κ3) is 6.78. The molecule has 1 aliphatic rings. The Labute approximate surface area is 141 Å². The monoisotopic (exact) mass is 329 g/mol. The summed E-state index contributed by atoms with van der Waals surface area (Å²) >= 11 is 1.87. The molecular formula is C17H35N3OS. The number of nitrogens with zero attached hydrogens (tertiary/aromatic N) is 1. The smallest absolute Gasteiger partial charge is 0.191 e. The highest BCUT2D eigenvalue weighted by atomic mass is 32.2. The second-order valence-corrected chi connectivity index (χ2v) is 8.41. The van der Waals surface area contributed by atoms with Crippen LogP contribution in [0.4, 0.5) is 0 Å². The third-order valence-corrected chi connectivity index (χ3v) is 5.98. The maximum Gasteiger partial charge on any atom is 0.191 e. The Morgan fingerprint density at radius 1 is 1.27 bits per heavy atom. The third-order valence-electron chi connectivity index (χ3n) is 4.73. The Bertz CT molecular complexity index is 339. The highest BCUT2D eigenvalue weighted by molar-refractivity contribution is 7.99. The normalized spacial score (nSPS) is 18.5. The average molecular weight is 330 g/mol. The van der Waals surface area contributed by atoms with E-state index in [4.69, 9.17) is 4.74 Å². The molecule has 0 aromatic rings. The molecule has 22 heavy (non-hydrogen) atoms. The van der Waals surface area contributed by atoms with E-state index in [1.54, 1.807) is 0 Å². The number of thioether (sulfide) groups is 1. The van der Waals surface area contributed by atoms with Gasteiger partial charge in [0.2, 0.25) is 0 Å². The van der Waals surface area contributed by atoms with Gasteiger partial charge in [0.25, 0.3) is 0 Å². The lowest BCUT2D eigenvalue weighted by Crippen LogP contribution is -2.46. The molecular weight excluding hydrogens is 294 g/mol. The van der Waals surface area contributed by atoms with E-state index in [9.17, 15) is 0 Å². The van der Waals surface area contributed by atoms with E-state index in [-0.39, 0.29) is 4.75 Å². The molecule has 0 aliphatic heterocycles. The summed E-state index contributed by atoms with van der Waals surface area (Å²) in [5, 5.41) is 7.01. The quantitative estimate of drug-likeness (QED) is 0.387. The highest BCUT2D eigenvalue weighted by Crippen LogP contribution is 2.40. The standard InChI is InChI=1S/C17H35N3OS/c1-6-21-12-11-17(9-7-8-10-17)14-20-15(18-4)19-13-16(2,3)22-5/h6-14H2,1-5H3,(H2,18,19,20). The van der Waals surface area contributed by atoms with Gasteiger partial charge in [-0.25, -0.2) is 0 Å². The molecule has 0 amide bonds. The van der Waals surface area contributed by atoms with Gasteiger partial charge in [0, 0.05) is 38.1 Å². The first-order valence-electron chi connectivity index (χ1n) is 8.54. The topological polar surface area (TPSA) is 45.6 Å². The second kappa shape index (κ2) is 9.66. The van der Waals surface area contributed by atoms with Gasteiger partial charge in [0.15, 0.2) is 5.96 Å². The minimum absolute atomic E-state index is 0.220. The minimum Gasteiger partial charge on any atom is -0.382 e. The Morgan fingerprint density at radius 3 is 2.50 bits per heavy atom. The molecule has 0 heterocycles. The fourth-order valence-electron chi connectivity index (χ4n) is 2.93. The zero-order valence-corrected chi connectivity index (χ0v) is 15.9. The molecule has 0 bridgehead atoms. The van der Waals surface area contributed by atoms with Crippen LogP contribution in [0, 0.1) is 5.41 Å². The van der Waals surface area contributed by atoms with Crippen LogP contribution >= 0.6 is 11.8 Å². The predicted octanol–water partition coefficient (Wildman–Crippen LogP) is 3.28.